The highest BCUT2D eigenvalue weighted by molar-refractivity contribution is 7.56. The van der Waals surface area contributed by atoms with Gasteiger partial charge in [0, 0.05) is 18.2 Å². The Labute approximate surface area is 137 Å². The van der Waals surface area contributed by atoms with Crippen LogP contribution >= 0.6 is 7.60 Å². The third-order valence-electron chi connectivity index (χ3n) is 4.28. The number of H-pyrrole nitrogens is 1. The van der Waals surface area contributed by atoms with Crippen molar-refractivity contribution < 1.29 is 18.3 Å². The minimum absolute atomic E-state index is 0.0145. The third kappa shape index (κ3) is 2.66. The second-order valence-corrected chi connectivity index (χ2v) is 9.03. The van der Waals surface area contributed by atoms with Crippen molar-refractivity contribution in [2.24, 2.45) is 0 Å². The van der Waals surface area contributed by atoms with E-state index in [9.17, 15) is 19.4 Å². The first-order chi connectivity index (χ1) is 11.2. The molecule has 0 radical (unpaired) electrons. The quantitative estimate of drug-likeness (QED) is 0.786. The van der Waals surface area contributed by atoms with Crippen molar-refractivity contribution in [1.29, 1.82) is 5.26 Å². The summed E-state index contributed by atoms with van der Waals surface area (Å²) in [5.74, 6) is 0. The Balaban J connectivity index is 1.85. The molecule has 2 saturated heterocycles. The molecule has 0 saturated carbocycles. The van der Waals surface area contributed by atoms with Gasteiger partial charge in [0.25, 0.3) is 5.56 Å². The van der Waals surface area contributed by atoms with Gasteiger partial charge in [-0.25, -0.2) is 4.79 Å². The Morgan fingerprint density at radius 3 is 2.79 bits per heavy atom. The topological polar surface area (TPSA) is 123 Å². The molecule has 2 aliphatic heterocycles. The number of nitriles is 1. The van der Waals surface area contributed by atoms with Crippen molar-refractivity contribution in [1.82, 2.24) is 9.55 Å². The van der Waals surface area contributed by atoms with Gasteiger partial charge in [0.15, 0.2) is 5.16 Å². The molecule has 1 aromatic heterocycles. The van der Waals surface area contributed by atoms with Crippen molar-refractivity contribution >= 4 is 7.60 Å². The summed E-state index contributed by atoms with van der Waals surface area (Å²) in [6.45, 7) is 4.59. The van der Waals surface area contributed by atoms with Crippen LogP contribution in [0.3, 0.4) is 0 Å². The van der Waals surface area contributed by atoms with Crippen LogP contribution in [0, 0.1) is 18.3 Å². The molecule has 3 heterocycles. The van der Waals surface area contributed by atoms with Crippen molar-refractivity contribution in [3.8, 4) is 6.07 Å². The van der Waals surface area contributed by atoms with Gasteiger partial charge >= 0.3 is 13.3 Å². The molecule has 9 nitrogen and oxygen atoms in total. The van der Waals surface area contributed by atoms with Gasteiger partial charge in [0.2, 0.25) is 0 Å². The van der Waals surface area contributed by atoms with Crippen molar-refractivity contribution in [2.45, 2.75) is 50.8 Å². The SMILES string of the molecule is Cc1cn([C@H]2C[C@H]3O[P@@](=O)(C(C)(C)C#N)OC[C@@H]3O2)c(=O)[nH]c1=O. The Kier molecular flexibility index (Phi) is 4.04. The van der Waals surface area contributed by atoms with Gasteiger partial charge in [-0.3, -0.25) is 18.9 Å². The summed E-state index contributed by atoms with van der Waals surface area (Å²) in [6.07, 6.45) is -0.0243. The average Bonchev–Trinajstić information content (AvgIpc) is 2.93. The third-order valence-corrected chi connectivity index (χ3v) is 6.78. The summed E-state index contributed by atoms with van der Waals surface area (Å²) in [7, 11) is -3.62. The molecule has 24 heavy (non-hydrogen) atoms. The first-order valence-electron chi connectivity index (χ1n) is 7.49. The maximum Gasteiger partial charge on any atom is 0.350 e. The van der Waals surface area contributed by atoms with E-state index in [0.717, 1.165) is 0 Å². The van der Waals surface area contributed by atoms with E-state index >= 15 is 0 Å². The van der Waals surface area contributed by atoms with Gasteiger partial charge < -0.3 is 13.8 Å². The standard InChI is InChI=1S/C14H18N3O6P/c1-8-5-17(13(19)16-12(8)18)11-4-9-10(22-11)6-21-24(20,23-9)14(2,3)7-15/h5,9-11H,4,6H2,1-3H3,(H,16,18,19)/t9-,10+,11-,24-/m1/s1. The fourth-order valence-corrected chi connectivity index (χ4v) is 4.36. The first-order valence-corrected chi connectivity index (χ1v) is 9.03. The van der Waals surface area contributed by atoms with Crippen LogP contribution in [0.25, 0.3) is 0 Å². The summed E-state index contributed by atoms with van der Waals surface area (Å²) in [5.41, 5.74) is -0.663. The molecule has 1 aromatic rings. The van der Waals surface area contributed by atoms with E-state index in [-0.39, 0.29) is 13.0 Å². The average molecular weight is 355 g/mol. The highest BCUT2D eigenvalue weighted by atomic mass is 31.2. The van der Waals surface area contributed by atoms with Crippen LogP contribution in [0.2, 0.25) is 0 Å². The lowest BCUT2D eigenvalue weighted by molar-refractivity contribution is -0.0604. The number of rotatable bonds is 2. The lowest BCUT2D eigenvalue weighted by Crippen LogP contribution is -2.37. The normalized spacial score (nSPS) is 33.0. The second kappa shape index (κ2) is 5.67. The van der Waals surface area contributed by atoms with E-state index < -0.39 is 42.4 Å². The molecule has 0 unspecified atom stereocenters. The number of fused-ring (bicyclic) bond motifs is 1. The fourth-order valence-electron chi connectivity index (χ4n) is 2.67. The van der Waals surface area contributed by atoms with Crippen LogP contribution in [-0.2, 0) is 18.3 Å². The largest absolute Gasteiger partial charge is 0.350 e. The van der Waals surface area contributed by atoms with Crippen molar-refractivity contribution in [3.05, 3.63) is 32.6 Å². The van der Waals surface area contributed by atoms with Crippen LogP contribution in [0.4, 0.5) is 0 Å². The van der Waals surface area contributed by atoms with E-state index in [1.54, 1.807) is 6.92 Å². The molecule has 1 N–H and O–H groups in total. The summed E-state index contributed by atoms with van der Waals surface area (Å²) < 4.78 is 30.8. The maximum absolute atomic E-state index is 12.8. The van der Waals surface area contributed by atoms with Crippen molar-refractivity contribution in [2.75, 3.05) is 6.61 Å². The van der Waals surface area contributed by atoms with E-state index in [2.05, 4.69) is 4.98 Å². The lowest BCUT2D eigenvalue weighted by Gasteiger charge is -2.35. The van der Waals surface area contributed by atoms with Gasteiger partial charge in [-0.05, 0) is 20.8 Å². The molecule has 0 amide bonds. The molecule has 3 rings (SSSR count). The molecule has 0 aliphatic carbocycles. The fraction of sp³-hybridized carbons (Fsp3) is 0.643. The zero-order valence-corrected chi connectivity index (χ0v) is 14.4. The highest BCUT2D eigenvalue weighted by Gasteiger charge is 2.53. The minimum Gasteiger partial charge on any atom is -0.349 e. The van der Waals surface area contributed by atoms with Crippen LogP contribution in [0.15, 0.2) is 15.8 Å². The second-order valence-electron chi connectivity index (χ2n) is 6.45. The lowest BCUT2D eigenvalue weighted by atomic mass is 10.2. The predicted molar refractivity (Wildman–Crippen MR) is 82.7 cm³/mol. The molecule has 4 atom stereocenters. The Bertz CT molecular complexity index is 866. The number of ether oxygens (including phenoxy) is 1. The molecule has 2 aliphatic rings. The molecule has 2 fully saturated rings. The van der Waals surface area contributed by atoms with Gasteiger partial charge in [-0.15, -0.1) is 0 Å². The predicted octanol–water partition coefficient (Wildman–Crippen LogP) is 1.04. The molecule has 10 heteroatoms. The maximum atomic E-state index is 12.8. The van der Waals surface area contributed by atoms with E-state index in [1.807, 2.05) is 6.07 Å². The number of aromatic amines is 1. The van der Waals surface area contributed by atoms with Gasteiger partial charge in [0.1, 0.15) is 18.4 Å². The monoisotopic (exact) mass is 355 g/mol. The number of nitrogens with one attached hydrogen (secondary N) is 1. The van der Waals surface area contributed by atoms with E-state index in [0.29, 0.717) is 5.56 Å². The van der Waals surface area contributed by atoms with Crippen molar-refractivity contribution in [3.63, 3.8) is 0 Å². The van der Waals surface area contributed by atoms with Gasteiger partial charge in [-0.1, -0.05) is 0 Å². The first kappa shape index (κ1) is 17.1. The molecule has 0 spiro atoms. The summed E-state index contributed by atoms with van der Waals surface area (Å²) >= 11 is 0. The number of aromatic nitrogens is 2. The Morgan fingerprint density at radius 1 is 1.42 bits per heavy atom. The minimum atomic E-state index is -3.62. The molecule has 0 bridgehead atoms. The zero-order valence-electron chi connectivity index (χ0n) is 13.5. The van der Waals surface area contributed by atoms with Crippen LogP contribution in [-0.4, -0.2) is 33.5 Å². The Morgan fingerprint density at radius 2 is 2.12 bits per heavy atom. The van der Waals surface area contributed by atoms with Gasteiger partial charge in [0.05, 0.1) is 12.7 Å². The van der Waals surface area contributed by atoms with Crippen LogP contribution < -0.4 is 11.2 Å². The summed E-state index contributed by atoms with van der Waals surface area (Å²) in [6, 6.07) is 1.95. The number of hydrogen-bond donors (Lipinski definition) is 1. The Hall–Kier alpha value is -1.72. The van der Waals surface area contributed by atoms with Crippen LogP contribution in [0.5, 0.6) is 0 Å². The molecular weight excluding hydrogens is 337 g/mol. The molecular formula is C14H18N3O6P. The van der Waals surface area contributed by atoms with Crippen LogP contribution in [0.1, 0.15) is 32.1 Å². The summed E-state index contributed by atoms with van der Waals surface area (Å²) in [5, 5.41) is 7.91. The smallest absolute Gasteiger partial charge is 0.349 e. The molecule has 0 aromatic carbocycles. The number of hydrogen-bond acceptors (Lipinski definition) is 7. The van der Waals surface area contributed by atoms with E-state index in [1.165, 1.54) is 24.6 Å². The molecule has 130 valence electrons. The number of aryl methyl sites for hydroxylation is 1. The van der Waals surface area contributed by atoms with E-state index in [4.69, 9.17) is 13.8 Å². The number of nitrogens with zero attached hydrogens (tertiary/aromatic N) is 2. The highest BCUT2D eigenvalue weighted by Crippen LogP contribution is 2.64. The zero-order chi connectivity index (χ0) is 17.7. The summed E-state index contributed by atoms with van der Waals surface area (Å²) in [4.78, 5) is 25.7. The van der Waals surface area contributed by atoms with Gasteiger partial charge in [-0.2, -0.15) is 5.26 Å².